The molecule has 0 saturated carbocycles. The highest BCUT2D eigenvalue weighted by Crippen LogP contribution is 2.29. The maximum atomic E-state index is 12.7. The van der Waals surface area contributed by atoms with Gasteiger partial charge in [0.25, 0.3) is 0 Å². The van der Waals surface area contributed by atoms with E-state index < -0.39 is 0 Å². The van der Waals surface area contributed by atoms with Crippen molar-refractivity contribution in [1.29, 1.82) is 0 Å². The Balaban J connectivity index is 1.26. The smallest absolute Gasteiger partial charge is 0.326 e. The minimum atomic E-state index is -0.185. The predicted octanol–water partition coefficient (Wildman–Crippen LogP) is 1.80. The van der Waals surface area contributed by atoms with Gasteiger partial charge in [-0.2, -0.15) is 0 Å². The van der Waals surface area contributed by atoms with Crippen LogP contribution in [0.4, 0.5) is 0 Å². The van der Waals surface area contributed by atoms with Crippen molar-refractivity contribution in [3.05, 3.63) is 52.1 Å². The number of fused-ring (bicyclic) bond motifs is 2. The van der Waals surface area contributed by atoms with Crippen molar-refractivity contribution >= 4 is 16.9 Å². The average Bonchev–Trinajstić information content (AvgIpc) is 3.43. The van der Waals surface area contributed by atoms with Gasteiger partial charge in [0.15, 0.2) is 5.89 Å². The van der Waals surface area contributed by atoms with E-state index in [0.717, 1.165) is 41.4 Å². The summed E-state index contributed by atoms with van der Waals surface area (Å²) in [5.74, 6) is 1.88. The zero-order chi connectivity index (χ0) is 19.1. The second-order valence-electron chi connectivity index (χ2n) is 7.40. The number of nitrogens with one attached hydrogen (secondary N) is 1. The molecule has 1 N–H and O–H groups in total. The maximum absolute atomic E-state index is 12.7. The van der Waals surface area contributed by atoms with E-state index in [9.17, 15) is 9.59 Å². The third-order valence-electron chi connectivity index (χ3n) is 5.61. The lowest BCUT2D eigenvalue weighted by molar-refractivity contribution is -0.132. The summed E-state index contributed by atoms with van der Waals surface area (Å²) in [5.41, 5.74) is 2.27. The second kappa shape index (κ2) is 6.94. The van der Waals surface area contributed by atoms with Crippen LogP contribution in [0.3, 0.4) is 0 Å². The summed E-state index contributed by atoms with van der Waals surface area (Å²) >= 11 is 0. The molecule has 0 spiro atoms. The van der Waals surface area contributed by atoms with Gasteiger partial charge in [0, 0.05) is 32.5 Å². The monoisotopic (exact) mass is 382 g/mol. The number of imidazole rings is 1. The number of ether oxygens (including phenoxy) is 1. The van der Waals surface area contributed by atoms with Gasteiger partial charge in [0.1, 0.15) is 11.5 Å². The number of oxazole rings is 1. The molecule has 8 heteroatoms. The molecule has 0 aliphatic carbocycles. The molecule has 8 nitrogen and oxygen atoms in total. The number of amides is 1. The highest BCUT2D eigenvalue weighted by atomic mass is 16.5. The minimum Gasteiger partial charge on any atom is -0.445 e. The Morgan fingerprint density at radius 3 is 3.07 bits per heavy atom. The zero-order valence-electron chi connectivity index (χ0n) is 15.5. The topological polar surface area (TPSA) is 93.4 Å². The normalized spacial score (nSPS) is 19.3. The summed E-state index contributed by atoms with van der Waals surface area (Å²) < 4.78 is 13.0. The number of aryl methyl sites for hydroxylation is 1. The fourth-order valence-electron chi connectivity index (χ4n) is 4.03. The number of rotatable bonds is 4. The van der Waals surface area contributed by atoms with E-state index in [0.29, 0.717) is 32.7 Å². The fraction of sp³-hybridized carbons (Fsp3) is 0.450. The third-order valence-corrected chi connectivity index (χ3v) is 5.61. The number of aromatic amines is 1. The summed E-state index contributed by atoms with van der Waals surface area (Å²) in [6.45, 7) is 2.84. The quantitative estimate of drug-likeness (QED) is 0.743. The van der Waals surface area contributed by atoms with Crippen LogP contribution in [0.5, 0.6) is 0 Å². The number of hydrogen-bond acceptors (Lipinski definition) is 5. The first-order chi connectivity index (χ1) is 13.7. The van der Waals surface area contributed by atoms with Crippen LogP contribution in [0, 0.1) is 0 Å². The first-order valence-electron chi connectivity index (χ1n) is 9.70. The van der Waals surface area contributed by atoms with Gasteiger partial charge in [0.05, 0.1) is 30.1 Å². The number of nitrogens with zero attached hydrogens (tertiary/aromatic N) is 3. The van der Waals surface area contributed by atoms with Gasteiger partial charge in [-0.15, -0.1) is 0 Å². The van der Waals surface area contributed by atoms with Crippen LogP contribution in [0.1, 0.15) is 36.1 Å². The molecule has 0 bridgehead atoms. The molecule has 1 fully saturated rings. The van der Waals surface area contributed by atoms with Crippen molar-refractivity contribution in [3.63, 3.8) is 0 Å². The number of carbonyl (C=O) groups is 1. The molecule has 146 valence electrons. The van der Waals surface area contributed by atoms with Gasteiger partial charge >= 0.3 is 5.69 Å². The molecule has 2 aromatic heterocycles. The Labute approximate surface area is 161 Å². The number of aromatic nitrogens is 3. The number of carbonyl (C=O) groups excluding carboxylic acids is 1. The summed E-state index contributed by atoms with van der Waals surface area (Å²) in [5, 5.41) is 0. The van der Waals surface area contributed by atoms with Gasteiger partial charge in [-0.3, -0.25) is 9.36 Å². The zero-order valence-corrected chi connectivity index (χ0v) is 15.5. The molecule has 1 atom stereocenters. The van der Waals surface area contributed by atoms with Crippen molar-refractivity contribution in [3.8, 4) is 0 Å². The van der Waals surface area contributed by atoms with E-state index in [2.05, 4.69) is 9.97 Å². The summed E-state index contributed by atoms with van der Waals surface area (Å²) in [6, 6.07) is 7.51. The number of H-pyrrole nitrogens is 1. The molecule has 1 unspecified atom stereocenters. The largest absolute Gasteiger partial charge is 0.445 e. The average molecular weight is 382 g/mol. The van der Waals surface area contributed by atoms with Crippen molar-refractivity contribution in [2.24, 2.45) is 0 Å². The molecular weight excluding hydrogens is 360 g/mol. The molecule has 0 radical (unpaired) electrons. The van der Waals surface area contributed by atoms with E-state index in [1.807, 2.05) is 24.3 Å². The van der Waals surface area contributed by atoms with Gasteiger partial charge in [-0.1, -0.05) is 12.1 Å². The molecule has 1 amide bonds. The highest BCUT2D eigenvalue weighted by Gasteiger charge is 2.29. The fourth-order valence-corrected chi connectivity index (χ4v) is 4.03. The van der Waals surface area contributed by atoms with Gasteiger partial charge < -0.3 is 19.0 Å². The van der Waals surface area contributed by atoms with E-state index in [-0.39, 0.29) is 23.9 Å². The molecular formula is C20H22N4O4. The summed E-state index contributed by atoms with van der Waals surface area (Å²) in [4.78, 5) is 34.2. The van der Waals surface area contributed by atoms with E-state index >= 15 is 0 Å². The summed E-state index contributed by atoms with van der Waals surface area (Å²) in [7, 11) is 0. The van der Waals surface area contributed by atoms with Crippen LogP contribution in [0.25, 0.3) is 11.0 Å². The Bertz CT molecular complexity index is 1070. The number of hydrogen-bond donors (Lipinski definition) is 1. The molecule has 1 aromatic carbocycles. The molecule has 4 heterocycles. The molecule has 28 heavy (non-hydrogen) atoms. The Morgan fingerprint density at radius 2 is 2.21 bits per heavy atom. The van der Waals surface area contributed by atoms with E-state index in [1.165, 1.54) is 0 Å². The molecule has 2 aliphatic rings. The van der Waals surface area contributed by atoms with Crippen molar-refractivity contribution in [2.75, 3.05) is 19.8 Å². The van der Waals surface area contributed by atoms with Gasteiger partial charge in [-0.05, 0) is 18.6 Å². The van der Waals surface area contributed by atoms with E-state index in [4.69, 9.17) is 9.15 Å². The SMILES string of the molecule is O=C(CCn1c(=O)[nH]c2ccccc21)N1CCc2oc(C3CCOC3)nc2C1. The Morgan fingerprint density at radius 1 is 1.32 bits per heavy atom. The third kappa shape index (κ3) is 3.03. The van der Waals surface area contributed by atoms with Crippen LogP contribution in [0.2, 0.25) is 0 Å². The second-order valence-corrected chi connectivity index (χ2v) is 7.40. The minimum absolute atomic E-state index is 0.0246. The predicted molar refractivity (Wildman–Crippen MR) is 101 cm³/mol. The molecule has 5 rings (SSSR count). The lowest BCUT2D eigenvalue weighted by Gasteiger charge is -2.25. The van der Waals surface area contributed by atoms with Gasteiger partial charge in [0.2, 0.25) is 5.91 Å². The van der Waals surface area contributed by atoms with Crippen LogP contribution >= 0.6 is 0 Å². The number of benzene rings is 1. The van der Waals surface area contributed by atoms with Crippen molar-refractivity contribution < 1.29 is 13.9 Å². The lowest BCUT2D eigenvalue weighted by atomic mass is 10.1. The molecule has 1 saturated heterocycles. The maximum Gasteiger partial charge on any atom is 0.326 e. The standard InChI is InChI=1S/C20H22N4O4/c25-18(6-9-24-16-4-2-1-3-14(16)22-20(24)26)23-8-5-17-15(11-23)21-19(28-17)13-7-10-27-12-13/h1-4,13H,5-12H2,(H,22,26). The first kappa shape index (κ1) is 17.2. The Hall–Kier alpha value is -2.87. The first-order valence-corrected chi connectivity index (χ1v) is 9.70. The van der Waals surface area contributed by atoms with Gasteiger partial charge in [-0.25, -0.2) is 9.78 Å². The Kier molecular flexibility index (Phi) is 4.27. The molecule has 3 aromatic rings. The van der Waals surface area contributed by atoms with Crippen LogP contribution < -0.4 is 5.69 Å². The van der Waals surface area contributed by atoms with Crippen LogP contribution in [-0.2, 0) is 29.0 Å². The van der Waals surface area contributed by atoms with Crippen LogP contribution in [-0.4, -0.2) is 45.1 Å². The highest BCUT2D eigenvalue weighted by molar-refractivity contribution is 5.77. The van der Waals surface area contributed by atoms with Crippen LogP contribution in [0.15, 0.2) is 33.5 Å². The lowest BCUT2D eigenvalue weighted by Crippen LogP contribution is -2.36. The molecule has 2 aliphatic heterocycles. The number of para-hydroxylation sites is 2. The van der Waals surface area contributed by atoms with Crippen molar-refractivity contribution in [2.45, 2.75) is 38.3 Å². The van der Waals surface area contributed by atoms with E-state index in [1.54, 1.807) is 9.47 Å². The summed E-state index contributed by atoms with van der Waals surface area (Å²) in [6.07, 6.45) is 1.88. The van der Waals surface area contributed by atoms with Crippen molar-refractivity contribution in [1.82, 2.24) is 19.4 Å².